The zero-order valence-electron chi connectivity index (χ0n) is 15.9. The third kappa shape index (κ3) is 4.61. The summed E-state index contributed by atoms with van der Waals surface area (Å²) >= 11 is 1.42. The van der Waals surface area contributed by atoms with Crippen LogP contribution in [0.3, 0.4) is 0 Å². The first-order valence-electron chi connectivity index (χ1n) is 8.70. The minimum Gasteiger partial charge on any atom is -0.451 e. The molecule has 0 aliphatic carbocycles. The predicted molar refractivity (Wildman–Crippen MR) is 110 cm³/mol. The number of nitrogens with one attached hydrogen (secondary N) is 1. The first-order chi connectivity index (χ1) is 13.5. The average Bonchev–Trinajstić information content (AvgIpc) is 3.10. The molecule has 1 heterocycles. The molecule has 0 saturated heterocycles. The normalized spacial score (nSPS) is 10.5. The van der Waals surface area contributed by atoms with Crippen molar-refractivity contribution in [2.24, 2.45) is 0 Å². The number of rotatable bonds is 6. The van der Waals surface area contributed by atoms with Crippen LogP contribution in [0.25, 0.3) is 5.69 Å². The van der Waals surface area contributed by atoms with Gasteiger partial charge in [-0.3, -0.25) is 9.36 Å². The Hall–Kier alpha value is -3.06. The van der Waals surface area contributed by atoms with E-state index in [9.17, 15) is 9.59 Å². The Balaban J connectivity index is 1.70. The molecule has 28 heavy (non-hydrogen) atoms. The summed E-state index contributed by atoms with van der Waals surface area (Å²) in [6, 6.07) is 15.2. The third-order valence-electron chi connectivity index (χ3n) is 3.98. The highest BCUT2D eigenvalue weighted by Crippen LogP contribution is 2.22. The summed E-state index contributed by atoms with van der Waals surface area (Å²) in [5.74, 6) is -0.999. The van der Waals surface area contributed by atoms with Gasteiger partial charge in [0.1, 0.15) is 0 Å². The summed E-state index contributed by atoms with van der Waals surface area (Å²) in [7, 11) is 0. The van der Waals surface area contributed by atoms with Gasteiger partial charge in [-0.2, -0.15) is 0 Å². The topological polar surface area (TPSA) is 73.2 Å². The van der Waals surface area contributed by atoms with Crippen LogP contribution in [-0.2, 0) is 9.53 Å². The first kappa shape index (κ1) is 19.7. The molecule has 7 heteroatoms. The summed E-state index contributed by atoms with van der Waals surface area (Å²) in [5, 5.41) is 3.42. The fraction of sp³-hybridized carbons (Fsp3) is 0.190. The maximum atomic E-state index is 12.6. The highest BCUT2D eigenvalue weighted by Gasteiger charge is 2.20. The lowest BCUT2D eigenvalue weighted by molar-refractivity contribution is -0.119. The maximum absolute atomic E-state index is 12.6. The van der Waals surface area contributed by atoms with E-state index in [1.807, 2.05) is 68.6 Å². The van der Waals surface area contributed by atoms with E-state index >= 15 is 0 Å². The van der Waals surface area contributed by atoms with Crippen LogP contribution >= 0.6 is 11.8 Å². The Labute approximate surface area is 167 Å². The minimum atomic E-state index is -0.604. The predicted octanol–water partition coefficient (Wildman–Crippen LogP) is 4.01. The van der Waals surface area contributed by atoms with Crippen molar-refractivity contribution in [2.75, 3.05) is 18.2 Å². The van der Waals surface area contributed by atoms with Crippen molar-refractivity contribution in [1.82, 2.24) is 9.55 Å². The van der Waals surface area contributed by atoms with Crippen LogP contribution < -0.4 is 5.32 Å². The van der Waals surface area contributed by atoms with E-state index in [4.69, 9.17) is 4.74 Å². The number of anilines is 1. The smallest absolute Gasteiger partial charge is 0.357 e. The highest BCUT2D eigenvalue weighted by atomic mass is 32.2. The second kappa shape index (κ2) is 8.75. The van der Waals surface area contributed by atoms with Crippen molar-refractivity contribution in [3.63, 3.8) is 0 Å². The van der Waals surface area contributed by atoms with Gasteiger partial charge in [-0.05, 0) is 55.5 Å². The molecule has 2 aromatic carbocycles. The van der Waals surface area contributed by atoms with Gasteiger partial charge in [0.15, 0.2) is 17.5 Å². The van der Waals surface area contributed by atoms with Gasteiger partial charge in [-0.15, -0.1) is 0 Å². The molecular weight excluding hydrogens is 374 g/mol. The van der Waals surface area contributed by atoms with Crippen LogP contribution in [0.4, 0.5) is 5.69 Å². The molecule has 0 aliphatic heterocycles. The molecule has 3 rings (SSSR count). The summed E-state index contributed by atoms with van der Waals surface area (Å²) in [6.45, 7) is 3.54. The zero-order valence-corrected chi connectivity index (χ0v) is 16.7. The number of para-hydroxylation sites is 1. The number of carbonyl (C=O) groups excluding carboxylic acids is 2. The Bertz CT molecular complexity index is 979. The lowest BCUT2D eigenvalue weighted by Gasteiger charge is -2.11. The van der Waals surface area contributed by atoms with Gasteiger partial charge in [0.2, 0.25) is 0 Å². The number of amides is 1. The van der Waals surface area contributed by atoms with E-state index < -0.39 is 11.9 Å². The number of esters is 1. The number of thioether (sulfide) groups is 1. The van der Waals surface area contributed by atoms with Crippen LogP contribution in [0.1, 0.15) is 21.6 Å². The second-order valence-corrected chi connectivity index (χ2v) is 7.08. The Morgan fingerprint density at radius 2 is 1.79 bits per heavy atom. The van der Waals surface area contributed by atoms with Crippen LogP contribution in [0.5, 0.6) is 0 Å². The molecule has 6 nitrogen and oxygen atoms in total. The second-order valence-electron chi connectivity index (χ2n) is 6.30. The molecule has 0 unspecified atom stereocenters. The van der Waals surface area contributed by atoms with E-state index in [1.165, 1.54) is 18.0 Å². The minimum absolute atomic E-state index is 0.273. The fourth-order valence-corrected chi connectivity index (χ4v) is 3.44. The quantitative estimate of drug-likeness (QED) is 0.504. The number of imidazole rings is 1. The molecule has 0 aliphatic rings. The molecule has 0 saturated carbocycles. The largest absolute Gasteiger partial charge is 0.451 e. The first-order valence-corrected chi connectivity index (χ1v) is 9.93. The van der Waals surface area contributed by atoms with E-state index in [1.54, 1.807) is 4.57 Å². The number of hydrogen-bond donors (Lipinski definition) is 1. The molecule has 0 bridgehead atoms. The van der Waals surface area contributed by atoms with Crippen LogP contribution in [0.15, 0.2) is 59.9 Å². The van der Waals surface area contributed by atoms with Gasteiger partial charge in [0.25, 0.3) is 5.91 Å². The summed E-state index contributed by atoms with van der Waals surface area (Å²) in [4.78, 5) is 29.0. The number of hydrogen-bond acceptors (Lipinski definition) is 5. The molecule has 144 valence electrons. The third-order valence-corrected chi connectivity index (χ3v) is 4.63. The summed E-state index contributed by atoms with van der Waals surface area (Å²) in [6.07, 6.45) is 3.34. The van der Waals surface area contributed by atoms with Crippen molar-refractivity contribution in [3.05, 3.63) is 71.5 Å². The van der Waals surface area contributed by atoms with Crippen LogP contribution in [-0.4, -0.2) is 34.3 Å². The number of aryl methyl sites for hydroxylation is 2. The van der Waals surface area contributed by atoms with Gasteiger partial charge in [-0.25, -0.2) is 9.78 Å². The zero-order chi connectivity index (χ0) is 20.1. The van der Waals surface area contributed by atoms with E-state index in [-0.39, 0.29) is 12.3 Å². The molecule has 0 spiro atoms. The van der Waals surface area contributed by atoms with Gasteiger partial charge >= 0.3 is 5.97 Å². The van der Waals surface area contributed by atoms with Crippen molar-refractivity contribution in [1.29, 1.82) is 0 Å². The van der Waals surface area contributed by atoms with E-state index in [2.05, 4.69) is 10.3 Å². The van der Waals surface area contributed by atoms with Gasteiger partial charge < -0.3 is 10.1 Å². The number of aromatic nitrogens is 2. The monoisotopic (exact) mass is 395 g/mol. The summed E-state index contributed by atoms with van der Waals surface area (Å²) in [5.41, 5.74) is 3.84. The molecule has 1 aromatic heterocycles. The van der Waals surface area contributed by atoms with E-state index in [0.717, 1.165) is 16.8 Å². The highest BCUT2D eigenvalue weighted by molar-refractivity contribution is 7.98. The number of nitrogens with zero attached hydrogens (tertiary/aromatic N) is 2. The SMILES string of the molecule is CSc1ncc(C(=O)OCC(=O)Nc2cc(C)cc(C)c2)n1-c1ccccc1. The summed E-state index contributed by atoms with van der Waals surface area (Å²) < 4.78 is 6.94. The van der Waals surface area contributed by atoms with Crippen molar-refractivity contribution in [3.8, 4) is 5.69 Å². The fourth-order valence-electron chi connectivity index (χ4n) is 2.90. The lowest BCUT2D eigenvalue weighted by Crippen LogP contribution is -2.22. The van der Waals surface area contributed by atoms with Crippen LogP contribution in [0, 0.1) is 13.8 Å². The Kier molecular flexibility index (Phi) is 6.16. The molecular formula is C21H21N3O3S. The van der Waals surface area contributed by atoms with Gasteiger partial charge in [0, 0.05) is 11.4 Å². The maximum Gasteiger partial charge on any atom is 0.357 e. The standard InChI is InChI=1S/C21H21N3O3S/c1-14-9-15(2)11-16(10-14)23-19(25)13-27-20(26)18-12-22-21(28-3)24(18)17-7-5-4-6-8-17/h4-12H,13H2,1-3H3,(H,23,25). The van der Waals surface area contributed by atoms with Crippen LogP contribution in [0.2, 0.25) is 0 Å². The van der Waals surface area contributed by atoms with Gasteiger partial charge in [-0.1, -0.05) is 36.0 Å². The Morgan fingerprint density at radius 3 is 2.43 bits per heavy atom. The molecule has 0 atom stereocenters. The average molecular weight is 395 g/mol. The number of benzene rings is 2. The lowest BCUT2D eigenvalue weighted by atomic mass is 10.1. The Morgan fingerprint density at radius 1 is 1.11 bits per heavy atom. The molecule has 1 amide bonds. The van der Waals surface area contributed by atoms with Gasteiger partial charge in [0.05, 0.1) is 6.20 Å². The number of ether oxygens (including phenoxy) is 1. The van der Waals surface area contributed by atoms with Crippen molar-refractivity contribution >= 4 is 29.3 Å². The molecule has 1 N–H and O–H groups in total. The van der Waals surface area contributed by atoms with Crippen molar-refractivity contribution in [2.45, 2.75) is 19.0 Å². The van der Waals surface area contributed by atoms with E-state index in [0.29, 0.717) is 10.8 Å². The molecule has 0 radical (unpaired) electrons. The molecule has 3 aromatic rings. The van der Waals surface area contributed by atoms with Crippen molar-refractivity contribution < 1.29 is 14.3 Å². The molecule has 0 fully saturated rings. The number of carbonyl (C=O) groups is 2.